The van der Waals surface area contributed by atoms with Crippen molar-refractivity contribution in [3.05, 3.63) is 30.5 Å². The first kappa shape index (κ1) is 15.2. The molecular weight excluding hydrogens is 266 g/mol. The highest BCUT2D eigenvalue weighted by molar-refractivity contribution is 5.61. The van der Waals surface area contributed by atoms with Crippen molar-refractivity contribution in [1.29, 1.82) is 0 Å². The summed E-state index contributed by atoms with van der Waals surface area (Å²) in [5.74, 6) is 1.29. The third-order valence-corrected chi connectivity index (χ3v) is 2.71. The number of hydrogen-bond donors (Lipinski definition) is 3. The highest BCUT2D eigenvalue weighted by Gasteiger charge is 2.08. The van der Waals surface area contributed by atoms with Gasteiger partial charge in [-0.15, -0.1) is 0 Å². The molecule has 0 unspecified atom stereocenters. The van der Waals surface area contributed by atoms with Crippen molar-refractivity contribution in [2.45, 2.75) is 26.3 Å². The number of aromatic nitrogens is 3. The minimum atomic E-state index is 0.143. The molecule has 2 rings (SSSR count). The minimum absolute atomic E-state index is 0.143. The Hall–Kier alpha value is -2.21. The van der Waals surface area contributed by atoms with E-state index in [2.05, 4.69) is 39.4 Å². The summed E-state index contributed by atoms with van der Waals surface area (Å²) in [6, 6.07) is 7.89. The molecule has 0 bridgehead atoms. The number of nitrogens with zero attached hydrogens (tertiary/aromatic N) is 3. The molecule has 0 aromatic carbocycles. The van der Waals surface area contributed by atoms with Gasteiger partial charge in [0, 0.05) is 31.5 Å². The van der Waals surface area contributed by atoms with E-state index in [0.717, 1.165) is 17.2 Å². The highest BCUT2D eigenvalue weighted by Crippen LogP contribution is 2.19. The first-order valence-corrected chi connectivity index (χ1v) is 7.11. The van der Waals surface area contributed by atoms with Gasteiger partial charge in [0.1, 0.15) is 5.82 Å². The lowest BCUT2D eigenvalue weighted by Gasteiger charge is -2.12. The predicted octanol–water partition coefficient (Wildman–Crippen LogP) is 2.15. The van der Waals surface area contributed by atoms with Crippen LogP contribution in [-0.4, -0.2) is 39.3 Å². The van der Waals surface area contributed by atoms with Crippen molar-refractivity contribution in [1.82, 2.24) is 15.0 Å². The van der Waals surface area contributed by atoms with Gasteiger partial charge < -0.3 is 15.7 Å². The van der Waals surface area contributed by atoms with Crippen LogP contribution in [0.3, 0.4) is 0 Å². The summed E-state index contributed by atoms with van der Waals surface area (Å²) in [7, 11) is 0. The van der Waals surface area contributed by atoms with Crippen LogP contribution < -0.4 is 10.6 Å². The maximum absolute atomic E-state index is 8.85. The van der Waals surface area contributed by atoms with Crippen LogP contribution in [0, 0.1) is 0 Å². The molecule has 0 amide bonds. The van der Waals surface area contributed by atoms with E-state index < -0.39 is 0 Å². The smallest absolute Gasteiger partial charge is 0.225 e. The number of hydrogen-bond acceptors (Lipinski definition) is 6. The molecule has 0 spiro atoms. The van der Waals surface area contributed by atoms with Crippen LogP contribution in [0.4, 0.5) is 11.8 Å². The van der Waals surface area contributed by atoms with Gasteiger partial charge in [0.25, 0.3) is 0 Å². The van der Waals surface area contributed by atoms with E-state index in [1.54, 1.807) is 6.20 Å². The topological polar surface area (TPSA) is 83.0 Å². The van der Waals surface area contributed by atoms with Gasteiger partial charge in [0.15, 0.2) is 0 Å². The van der Waals surface area contributed by atoms with E-state index in [9.17, 15) is 0 Å². The predicted molar refractivity (Wildman–Crippen MR) is 84.2 cm³/mol. The molecule has 0 aliphatic heterocycles. The molecular formula is C15H21N5O. The fourth-order valence-electron chi connectivity index (χ4n) is 1.82. The van der Waals surface area contributed by atoms with Crippen LogP contribution >= 0.6 is 0 Å². The van der Waals surface area contributed by atoms with Crippen LogP contribution in [-0.2, 0) is 0 Å². The Labute approximate surface area is 124 Å². The molecule has 0 fully saturated rings. The van der Waals surface area contributed by atoms with Crippen molar-refractivity contribution in [3.8, 4) is 11.4 Å². The second-order valence-corrected chi connectivity index (χ2v) is 4.98. The molecule has 0 aliphatic carbocycles. The van der Waals surface area contributed by atoms with Gasteiger partial charge >= 0.3 is 0 Å². The van der Waals surface area contributed by atoms with Crippen LogP contribution in [0.25, 0.3) is 11.4 Å². The van der Waals surface area contributed by atoms with Gasteiger partial charge in [-0.2, -0.15) is 4.98 Å². The summed E-state index contributed by atoms with van der Waals surface area (Å²) in [6.45, 7) is 4.89. The summed E-state index contributed by atoms with van der Waals surface area (Å²) < 4.78 is 0. The second kappa shape index (κ2) is 7.54. The zero-order chi connectivity index (χ0) is 15.1. The Morgan fingerprint density at radius 3 is 2.71 bits per heavy atom. The van der Waals surface area contributed by atoms with Crippen LogP contribution in [0.5, 0.6) is 0 Å². The molecule has 2 heterocycles. The third-order valence-electron chi connectivity index (χ3n) is 2.71. The van der Waals surface area contributed by atoms with E-state index in [1.807, 2.05) is 24.3 Å². The Balaban J connectivity index is 2.28. The maximum Gasteiger partial charge on any atom is 0.225 e. The van der Waals surface area contributed by atoms with E-state index in [-0.39, 0.29) is 12.6 Å². The lowest BCUT2D eigenvalue weighted by atomic mass is 10.2. The summed E-state index contributed by atoms with van der Waals surface area (Å²) in [5.41, 5.74) is 1.57. The molecule has 0 saturated carbocycles. The van der Waals surface area contributed by atoms with Crippen molar-refractivity contribution >= 4 is 11.8 Å². The standard InChI is InChI=1S/C15H21N5O/c1-11(2)18-14-10-13(12-6-3-4-7-16-12)19-15(20-14)17-8-5-9-21/h3-4,6-7,10-11,21H,5,8-9H2,1-2H3,(H2,17,18,19,20). The van der Waals surface area contributed by atoms with E-state index in [0.29, 0.717) is 18.9 Å². The molecule has 2 aromatic rings. The normalized spacial score (nSPS) is 10.7. The van der Waals surface area contributed by atoms with Gasteiger partial charge in [-0.25, -0.2) is 4.98 Å². The Morgan fingerprint density at radius 2 is 2.05 bits per heavy atom. The van der Waals surface area contributed by atoms with E-state index >= 15 is 0 Å². The Morgan fingerprint density at radius 1 is 1.19 bits per heavy atom. The summed E-state index contributed by atoms with van der Waals surface area (Å²) in [5, 5.41) is 15.2. The lowest BCUT2D eigenvalue weighted by Crippen LogP contribution is -2.14. The van der Waals surface area contributed by atoms with E-state index in [4.69, 9.17) is 5.11 Å². The first-order chi connectivity index (χ1) is 10.2. The molecule has 0 radical (unpaired) electrons. The largest absolute Gasteiger partial charge is 0.396 e. The molecule has 3 N–H and O–H groups in total. The average molecular weight is 287 g/mol. The molecule has 6 nitrogen and oxygen atoms in total. The third kappa shape index (κ3) is 4.68. The van der Waals surface area contributed by atoms with Gasteiger partial charge in [-0.1, -0.05) is 6.07 Å². The molecule has 6 heteroatoms. The number of rotatable bonds is 7. The minimum Gasteiger partial charge on any atom is -0.396 e. The molecule has 2 aromatic heterocycles. The number of nitrogens with one attached hydrogen (secondary N) is 2. The van der Waals surface area contributed by atoms with E-state index in [1.165, 1.54) is 0 Å². The number of aliphatic hydroxyl groups excluding tert-OH is 1. The van der Waals surface area contributed by atoms with Crippen molar-refractivity contribution in [2.24, 2.45) is 0 Å². The monoisotopic (exact) mass is 287 g/mol. The van der Waals surface area contributed by atoms with Crippen LogP contribution in [0.2, 0.25) is 0 Å². The van der Waals surface area contributed by atoms with Gasteiger partial charge in [0.2, 0.25) is 5.95 Å². The van der Waals surface area contributed by atoms with Gasteiger partial charge in [-0.05, 0) is 32.4 Å². The second-order valence-electron chi connectivity index (χ2n) is 4.98. The fourth-order valence-corrected chi connectivity index (χ4v) is 1.82. The number of aliphatic hydroxyl groups is 1. The van der Waals surface area contributed by atoms with Crippen molar-refractivity contribution in [2.75, 3.05) is 23.8 Å². The van der Waals surface area contributed by atoms with Crippen LogP contribution in [0.1, 0.15) is 20.3 Å². The zero-order valence-corrected chi connectivity index (χ0v) is 12.4. The summed E-state index contributed by atoms with van der Waals surface area (Å²) in [6.07, 6.45) is 2.40. The highest BCUT2D eigenvalue weighted by atomic mass is 16.3. The number of pyridine rings is 1. The quantitative estimate of drug-likeness (QED) is 0.677. The Bertz CT molecular complexity index is 559. The van der Waals surface area contributed by atoms with Crippen molar-refractivity contribution < 1.29 is 5.11 Å². The van der Waals surface area contributed by atoms with Gasteiger partial charge in [-0.3, -0.25) is 4.98 Å². The molecule has 0 aliphatic rings. The fraction of sp³-hybridized carbons (Fsp3) is 0.400. The molecule has 0 atom stereocenters. The zero-order valence-electron chi connectivity index (χ0n) is 12.4. The molecule has 0 saturated heterocycles. The molecule has 112 valence electrons. The first-order valence-electron chi connectivity index (χ1n) is 7.11. The van der Waals surface area contributed by atoms with Crippen LogP contribution in [0.15, 0.2) is 30.5 Å². The van der Waals surface area contributed by atoms with Gasteiger partial charge in [0.05, 0.1) is 11.4 Å². The lowest BCUT2D eigenvalue weighted by molar-refractivity contribution is 0.292. The molecule has 21 heavy (non-hydrogen) atoms. The maximum atomic E-state index is 8.85. The average Bonchev–Trinajstić information content (AvgIpc) is 2.47. The number of anilines is 2. The Kier molecular flexibility index (Phi) is 5.45. The summed E-state index contributed by atoms with van der Waals surface area (Å²) >= 11 is 0. The summed E-state index contributed by atoms with van der Waals surface area (Å²) in [4.78, 5) is 13.2. The SMILES string of the molecule is CC(C)Nc1cc(-c2ccccn2)nc(NCCCO)n1. The van der Waals surface area contributed by atoms with Crippen molar-refractivity contribution in [3.63, 3.8) is 0 Å².